The van der Waals surface area contributed by atoms with E-state index in [1.165, 1.54) is 0 Å². The average molecular weight is 357 g/mol. The van der Waals surface area contributed by atoms with Crippen molar-refractivity contribution in [3.8, 4) is 11.3 Å². The Hall–Kier alpha value is -2.22. The Kier molecular flexibility index (Phi) is 4.52. The van der Waals surface area contributed by atoms with E-state index in [1.807, 2.05) is 30.3 Å². The highest BCUT2D eigenvalue weighted by Gasteiger charge is 2.48. The number of carbonyl (C=O) groups is 1. The quantitative estimate of drug-likeness (QED) is 0.750. The topological polar surface area (TPSA) is 98.7 Å². The lowest BCUT2D eigenvalue weighted by Gasteiger charge is -2.48. The molecular weight excluding hydrogens is 334 g/mol. The summed E-state index contributed by atoms with van der Waals surface area (Å²) in [6.45, 7) is 1.39. The van der Waals surface area contributed by atoms with Gasteiger partial charge in [-0.05, 0) is 25.3 Å². The predicted molar refractivity (Wildman–Crippen MR) is 94.5 cm³/mol. The molecule has 3 N–H and O–H groups in total. The molecule has 2 saturated heterocycles. The zero-order valence-corrected chi connectivity index (χ0v) is 14.5. The van der Waals surface area contributed by atoms with Crippen molar-refractivity contribution in [2.75, 3.05) is 19.7 Å². The van der Waals surface area contributed by atoms with Crippen LogP contribution in [0.15, 0.2) is 36.4 Å². The Bertz CT molecular complexity index is 768. The number of amides is 1. The van der Waals surface area contributed by atoms with E-state index in [1.54, 1.807) is 11.0 Å². The van der Waals surface area contributed by atoms with E-state index in [2.05, 4.69) is 10.2 Å². The fourth-order valence-electron chi connectivity index (χ4n) is 3.86. The molecule has 2 aromatic rings. The SMILES string of the molecule is O=C(c1cc(-c2ccccc2)n[nH]1)N1CCC2(CC1)OCC[C@H](O)[C@@H]2O. The molecule has 1 aromatic heterocycles. The van der Waals surface area contributed by atoms with Crippen LogP contribution < -0.4 is 0 Å². The van der Waals surface area contributed by atoms with Gasteiger partial charge in [0.1, 0.15) is 11.8 Å². The number of aromatic nitrogens is 2. The van der Waals surface area contributed by atoms with Gasteiger partial charge in [-0.1, -0.05) is 30.3 Å². The van der Waals surface area contributed by atoms with Crippen LogP contribution in [0, 0.1) is 0 Å². The van der Waals surface area contributed by atoms with Crippen LogP contribution in [0.5, 0.6) is 0 Å². The molecule has 0 aliphatic carbocycles. The average Bonchev–Trinajstić information content (AvgIpc) is 3.17. The molecule has 2 fully saturated rings. The number of nitrogens with one attached hydrogen (secondary N) is 1. The van der Waals surface area contributed by atoms with Gasteiger partial charge in [0, 0.05) is 18.7 Å². The third-order valence-electron chi connectivity index (χ3n) is 5.48. The van der Waals surface area contributed by atoms with E-state index in [-0.39, 0.29) is 5.91 Å². The summed E-state index contributed by atoms with van der Waals surface area (Å²) in [7, 11) is 0. The van der Waals surface area contributed by atoms with Crippen molar-refractivity contribution in [3.05, 3.63) is 42.1 Å². The Morgan fingerprint density at radius 2 is 1.96 bits per heavy atom. The van der Waals surface area contributed by atoms with Crippen LogP contribution in [0.1, 0.15) is 29.8 Å². The van der Waals surface area contributed by atoms with E-state index in [9.17, 15) is 15.0 Å². The van der Waals surface area contributed by atoms with Gasteiger partial charge in [-0.25, -0.2) is 0 Å². The highest BCUT2D eigenvalue weighted by Crippen LogP contribution is 2.35. The lowest BCUT2D eigenvalue weighted by atomic mass is 9.80. The number of aliphatic hydroxyl groups excluding tert-OH is 2. The Balaban J connectivity index is 1.43. The summed E-state index contributed by atoms with van der Waals surface area (Å²) in [5.41, 5.74) is 1.40. The van der Waals surface area contributed by atoms with Crippen LogP contribution in [0.4, 0.5) is 0 Å². The first kappa shape index (κ1) is 17.2. The van der Waals surface area contributed by atoms with E-state index < -0.39 is 17.8 Å². The number of hydrogen-bond acceptors (Lipinski definition) is 5. The molecule has 26 heavy (non-hydrogen) atoms. The molecule has 3 heterocycles. The van der Waals surface area contributed by atoms with Crippen LogP contribution in [-0.2, 0) is 4.74 Å². The number of aromatic amines is 1. The van der Waals surface area contributed by atoms with Gasteiger partial charge in [0.15, 0.2) is 0 Å². The van der Waals surface area contributed by atoms with Crippen LogP contribution in [-0.4, -0.2) is 68.7 Å². The molecule has 2 aliphatic rings. The fourth-order valence-corrected chi connectivity index (χ4v) is 3.86. The molecule has 2 aliphatic heterocycles. The molecule has 0 radical (unpaired) electrons. The molecule has 0 saturated carbocycles. The summed E-state index contributed by atoms with van der Waals surface area (Å²) < 4.78 is 5.82. The minimum absolute atomic E-state index is 0.111. The first-order valence-electron chi connectivity index (χ1n) is 8.99. The fraction of sp³-hybridized carbons (Fsp3) is 0.474. The summed E-state index contributed by atoms with van der Waals surface area (Å²) >= 11 is 0. The molecular formula is C19H23N3O4. The number of likely N-dealkylation sites (tertiary alicyclic amines) is 1. The first-order chi connectivity index (χ1) is 12.6. The van der Waals surface area contributed by atoms with Gasteiger partial charge in [-0.3, -0.25) is 9.89 Å². The minimum atomic E-state index is -0.898. The molecule has 1 aromatic carbocycles. The minimum Gasteiger partial charge on any atom is -0.390 e. The van der Waals surface area contributed by atoms with Crippen molar-refractivity contribution in [1.29, 1.82) is 0 Å². The molecule has 4 rings (SSSR count). The Morgan fingerprint density at radius 1 is 1.23 bits per heavy atom. The zero-order valence-electron chi connectivity index (χ0n) is 14.5. The maximum atomic E-state index is 12.8. The number of carbonyl (C=O) groups excluding carboxylic acids is 1. The lowest BCUT2D eigenvalue weighted by molar-refractivity contribution is -0.212. The summed E-state index contributed by atoms with van der Waals surface area (Å²) in [4.78, 5) is 14.5. The maximum absolute atomic E-state index is 12.8. The van der Waals surface area contributed by atoms with E-state index in [0.717, 1.165) is 11.3 Å². The Morgan fingerprint density at radius 3 is 2.69 bits per heavy atom. The van der Waals surface area contributed by atoms with Gasteiger partial charge < -0.3 is 19.8 Å². The van der Waals surface area contributed by atoms with Gasteiger partial charge in [-0.15, -0.1) is 0 Å². The standard InChI is InChI=1S/C19H23N3O4/c23-16-6-11-26-19(17(16)24)7-9-22(10-8-19)18(25)15-12-14(20-21-15)13-4-2-1-3-5-13/h1-5,12,16-17,23-24H,6-11H2,(H,20,21)/t16-,17-/m0/s1. The maximum Gasteiger partial charge on any atom is 0.271 e. The molecule has 138 valence electrons. The van der Waals surface area contributed by atoms with Crippen LogP contribution in [0.2, 0.25) is 0 Å². The second kappa shape index (κ2) is 6.83. The summed E-state index contributed by atoms with van der Waals surface area (Å²) in [5, 5.41) is 27.3. The van der Waals surface area contributed by atoms with Crippen molar-refractivity contribution >= 4 is 5.91 Å². The molecule has 7 heteroatoms. The number of ether oxygens (including phenoxy) is 1. The van der Waals surface area contributed by atoms with Gasteiger partial charge in [0.2, 0.25) is 0 Å². The molecule has 2 atom stereocenters. The first-order valence-corrected chi connectivity index (χ1v) is 8.99. The monoisotopic (exact) mass is 357 g/mol. The summed E-state index contributed by atoms with van der Waals surface area (Å²) in [6, 6.07) is 11.5. The smallest absolute Gasteiger partial charge is 0.271 e. The molecule has 1 spiro atoms. The number of benzene rings is 1. The highest BCUT2D eigenvalue weighted by molar-refractivity contribution is 5.93. The van der Waals surface area contributed by atoms with E-state index >= 15 is 0 Å². The number of rotatable bonds is 2. The van der Waals surface area contributed by atoms with Crippen molar-refractivity contribution in [2.45, 2.75) is 37.1 Å². The summed E-state index contributed by atoms with van der Waals surface area (Å²) in [5.74, 6) is -0.111. The number of piperidine rings is 1. The number of aliphatic hydroxyl groups is 2. The number of H-pyrrole nitrogens is 1. The van der Waals surface area contributed by atoms with Gasteiger partial charge in [0.25, 0.3) is 5.91 Å². The van der Waals surface area contributed by atoms with Gasteiger partial charge in [-0.2, -0.15) is 5.10 Å². The number of nitrogens with zero attached hydrogens (tertiary/aromatic N) is 2. The summed E-state index contributed by atoms with van der Waals surface area (Å²) in [6.07, 6.45) is -0.188. The Labute approximate surface area is 151 Å². The van der Waals surface area contributed by atoms with Crippen molar-refractivity contribution in [1.82, 2.24) is 15.1 Å². The normalized spacial score (nSPS) is 25.4. The molecule has 0 unspecified atom stereocenters. The van der Waals surface area contributed by atoms with E-state index in [0.29, 0.717) is 44.7 Å². The van der Waals surface area contributed by atoms with Gasteiger partial charge in [0.05, 0.1) is 24.0 Å². The second-order valence-electron chi connectivity index (χ2n) is 7.04. The lowest BCUT2D eigenvalue weighted by Crippen LogP contribution is -2.60. The van der Waals surface area contributed by atoms with Crippen molar-refractivity contribution < 1.29 is 19.7 Å². The third-order valence-corrected chi connectivity index (χ3v) is 5.48. The second-order valence-corrected chi connectivity index (χ2v) is 7.04. The van der Waals surface area contributed by atoms with Crippen LogP contribution in [0.25, 0.3) is 11.3 Å². The van der Waals surface area contributed by atoms with Crippen molar-refractivity contribution in [3.63, 3.8) is 0 Å². The third kappa shape index (κ3) is 3.02. The van der Waals surface area contributed by atoms with E-state index in [4.69, 9.17) is 4.74 Å². The van der Waals surface area contributed by atoms with Crippen LogP contribution in [0.3, 0.4) is 0 Å². The highest BCUT2D eigenvalue weighted by atomic mass is 16.5. The molecule has 0 bridgehead atoms. The van der Waals surface area contributed by atoms with Crippen LogP contribution >= 0.6 is 0 Å². The predicted octanol–water partition coefficient (Wildman–Crippen LogP) is 1.19. The largest absolute Gasteiger partial charge is 0.390 e. The number of hydrogen-bond donors (Lipinski definition) is 3. The zero-order chi connectivity index (χ0) is 18.1. The van der Waals surface area contributed by atoms with Crippen molar-refractivity contribution in [2.24, 2.45) is 0 Å². The molecule has 1 amide bonds. The molecule has 7 nitrogen and oxygen atoms in total. The van der Waals surface area contributed by atoms with Gasteiger partial charge >= 0.3 is 0 Å².